The number of para-hydroxylation sites is 1. The second-order valence-electron chi connectivity index (χ2n) is 7.12. The van der Waals surface area contributed by atoms with Crippen LogP contribution in [0.25, 0.3) is 10.9 Å². The van der Waals surface area contributed by atoms with Gasteiger partial charge in [0.15, 0.2) is 0 Å². The molecule has 1 amide bonds. The fourth-order valence-electron chi connectivity index (χ4n) is 3.76. The normalized spacial score (nSPS) is 14.0. The topological polar surface area (TPSA) is 69.5 Å². The Labute approximate surface area is 169 Å². The van der Waals surface area contributed by atoms with Crippen molar-refractivity contribution in [1.29, 1.82) is 5.26 Å². The summed E-state index contributed by atoms with van der Waals surface area (Å²) < 4.78 is 5.35. The number of fused-ring (bicyclic) bond motifs is 1. The SMILES string of the molecule is COc1cc(C(=O)N2CCN(c3cc(C#N)nc4ccccc34)CC2)ccc1C. The maximum absolute atomic E-state index is 12.9. The zero-order chi connectivity index (χ0) is 20.4. The molecule has 6 nitrogen and oxygen atoms in total. The van der Waals surface area contributed by atoms with E-state index in [2.05, 4.69) is 16.0 Å². The molecule has 0 bridgehead atoms. The molecule has 0 radical (unpaired) electrons. The van der Waals surface area contributed by atoms with Crippen LogP contribution >= 0.6 is 0 Å². The van der Waals surface area contributed by atoms with Crippen molar-refractivity contribution in [2.45, 2.75) is 6.92 Å². The van der Waals surface area contributed by atoms with E-state index in [0.717, 1.165) is 27.9 Å². The average molecular weight is 386 g/mol. The molecule has 0 saturated carbocycles. The number of carbonyl (C=O) groups excluding carboxylic acids is 1. The second-order valence-corrected chi connectivity index (χ2v) is 7.12. The van der Waals surface area contributed by atoms with Gasteiger partial charge in [-0.1, -0.05) is 24.3 Å². The van der Waals surface area contributed by atoms with Gasteiger partial charge in [0.25, 0.3) is 5.91 Å². The molecule has 0 aliphatic carbocycles. The number of piperazine rings is 1. The van der Waals surface area contributed by atoms with E-state index in [4.69, 9.17) is 4.74 Å². The third-order valence-electron chi connectivity index (χ3n) is 5.37. The van der Waals surface area contributed by atoms with Crippen LogP contribution in [-0.2, 0) is 0 Å². The van der Waals surface area contributed by atoms with Crippen LogP contribution in [0.2, 0.25) is 0 Å². The third kappa shape index (κ3) is 3.59. The van der Waals surface area contributed by atoms with Gasteiger partial charge in [0, 0.05) is 42.8 Å². The van der Waals surface area contributed by atoms with Crippen molar-refractivity contribution in [2.75, 3.05) is 38.2 Å². The van der Waals surface area contributed by atoms with Crippen LogP contribution in [0.1, 0.15) is 21.6 Å². The van der Waals surface area contributed by atoms with Gasteiger partial charge >= 0.3 is 0 Å². The highest BCUT2D eigenvalue weighted by molar-refractivity contribution is 5.95. The number of anilines is 1. The highest BCUT2D eigenvalue weighted by atomic mass is 16.5. The molecule has 1 aliphatic heterocycles. The largest absolute Gasteiger partial charge is 0.496 e. The van der Waals surface area contributed by atoms with Crippen LogP contribution in [0.15, 0.2) is 48.5 Å². The molecule has 1 aromatic heterocycles. The fourth-order valence-corrected chi connectivity index (χ4v) is 3.76. The Bertz CT molecular complexity index is 1110. The summed E-state index contributed by atoms with van der Waals surface area (Å²) in [6, 6.07) is 17.4. The Hall–Kier alpha value is -3.59. The van der Waals surface area contributed by atoms with Gasteiger partial charge in [-0.2, -0.15) is 5.26 Å². The number of nitrogens with zero attached hydrogens (tertiary/aromatic N) is 4. The summed E-state index contributed by atoms with van der Waals surface area (Å²) in [5.41, 5.74) is 3.86. The Morgan fingerprint density at radius 2 is 1.86 bits per heavy atom. The van der Waals surface area contributed by atoms with Crippen LogP contribution in [0.4, 0.5) is 5.69 Å². The zero-order valence-corrected chi connectivity index (χ0v) is 16.6. The predicted octanol–water partition coefficient (Wildman–Crippen LogP) is 3.39. The number of aryl methyl sites for hydroxylation is 1. The lowest BCUT2D eigenvalue weighted by atomic mass is 10.1. The zero-order valence-electron chi connectivity index (χ0n) is 16.6. The minimum absolute atomic E-state index is 0.0141. The summed E-state index contributed by atoms with van der Waals surface area (Å²) >= 11 is 0. The molecular formula is C23H22N4O2. The first-order chi connectivity index (χ1) is 14.1. The molecule has 0 unspecified atom stereocenters. The van der Waals surface area contributed by atoms with Gasteiger partial charge in [0.2, 0.25) is 0 Å². The lowest BCUT2D eigenvalue weighted by Gasteiger charge is -2.36. The third-order valence-corrected chi connectivity index (χ3v) is 5.37. The molecule has 29 heavy (non-hydrogen) atoms. The molecule has 1 aliphatic rings. The van der Waals surface area contributed by atoms with Gasteiger partial charge in [-0.3, -0.25) is 4.79 Å². The Morgan fingerprint density at radius 3 is 2.59 bits per heavy atom. The standard InChI is InChI=1S/C23H22N4O2/c1-16-7-8-17(13-22(16)29-2)23(28)27-11-9-26(10-12-27)21-14-18(15-24)25-20-6-4-3-5-19(20)21/h3-8,13-14H,9-12H2,1-2H3. The molecule has 1 saturated heterocycles. The first kappa shape index (κ1) is 18.8. The van der Waals surface area contributed by atoms with E-state index in [1.165, 1.54) is 0 Å². The van der Waals surface area contributed by atoms with E-state index in [0.29, 0.717) is 37.4 Å². The molecule has 6 heteroatoms. The van der Waals surface area contributed by atoms with Crippen molar-refractivity contribution in [3.8, 4) is 11.8 Å². The summed E-state index contributed by atoms with van der Waals surface area (Å²) in [7, 11) is 1.61. The van der Waals surface area contributed by atoms with E-state index in [1.807, 2.05) is 54.3 Å². The van der Waals surface area contributed by atoms with Crippen molar-refractivity contribution in [1.82, 2.24) is 9.88 Å². The minimum Gasteiger partial charge on any atom is -0.496 e. The van der Waals surface area contributed by atoms with E-state index in [-0.39, 0.29) is 5.91 Å². The first-order valence-corrected chi connectivity index (χ1v) is 9.59. The molecule has 4 rings (SSSR count). The number of benzene rings is 2. The number of nitriles is 1. The van der Waals surface area contributed by atoms with Crippen molar-refractivity contribution in [3.05, 3.63) is 65.4 Å². The molecule has 1 fully saturated rings. The van der Waals surface area contributed by atoms with Gasteiger partial charge in [-0.15, -0.1) is 0 Å². The number of aromatic nitrogens is 1. The van der Waals surface area contributed by atoms with E-state index >= 15 is 0 Å². The van der Waals surface area contributed by atoms with Crippen LogP contribution in [0.3, 0.4) is 0 Å². The maximum Gasteiger partial charge on any atom is 0.254 e. The van der Waals surface area contributed by atoms with Gasteiger partial charge in [0.1, 0.15) is 17.5 Å². The number of pyridine rings is 1. The fraction of sp³-hybridized carbons (Fsp3) is 0.261. The molecule has 3 aromatic rings. The number of hydrogen-bond donors (Lipinski definition) is 0. The Balaban J connectivity index is 1.54. The summed E-state index contributed by atoms with van der Waals surface area (Å²) in [5.74, 6) is 0.738. The highest BCUT2D eigenvalue weighted by Gasteiger charge is 2.24. The van der Waals surface area contributed by atoms with Crippen LogP contribution in [-0.4, -0.2) is 49.1 Å². The minimum atomic E-state index is 0.0141. The number of rotatable bonds is 3. The maximum atomic E-state index is 12.9. The Kier molecular flexibility index (Phi) is 5.05. The van der Waals surface area contributed by atoms with Gasteiger partial charge in [-0.25, -0.2) is 4.98 Å². The summed E-state index contributed by atoms with van der Waals surface area (Å²) in [6.07, 6.45) is 0. The van der Waals surface area contributed by atoms with Crippen molar-refractivity contribution in [2.24, 2.45) is 0 Å². The van der Waals surface area contributed by atoms with Gasteiger partial charge < -0.3 is 14.5 Å². The average Bonchev–Trinajstić information content (AvgIpc) is 2.78. The number of methoxy groups -OCH3 is 1. The monoisotopic (exact) mass is 386 g/mol. The van der Waals surface area contributed by atoms with Crippen molar-refractivity contribution < 1.29 is 9.53 Å². The predicted molar refractivity (Wildman–Crippen MR) is 112 cm³/mol. The highest BCUT2D eigenvalue weighted by Crippen LogP contribution is 2.28. The van der Waals surface area contributed by atoms with E-state index in [1.54, 1.807) is 13.2 Å². The lowest BCUT2D eigenvalue weighted by Crippen LogP contribution is -2.48. The molecule has 2 heterocycles. The molecule has 0 spiro atoms. The summed E-state index contributed by atoms with van der Waals surface area (Å²) in [4.78, 5) is 21.4. The lowest BCUT2D eigenvalue weighted by molar-refractivity contribution is 0.0746. The summed E-state index contributed by atoms with van der Waals surface area (Å²) in [5, 5.41) is 10.4. The van der Waals surface area contributed by atoms with E-state index in [9.17, 15) is 10.1 Å². The first-order valence-electron chi connectivity index (χ1n) is 9.59. The molecule has 146 valence electrons. The molecule has 0 N–H and O–H groups in total. The van der Waals surface area contributed by atoms with Crippen LogP contribution < -0.4 is 9.64 Å². The van der Waals surface area contributed by atoms with Crippen LogP contribution in [0, 0.1) is 18.3 Å². The van der Waals surface area contributed by atoms with Crippen molar-refractivity contribution >= 4 is 22.5 Å². The quantitative estimate of drug-likeness (QED) is 0.690. The molecule has 2 aromatic carbocycles. The number of amides is 1. The second kappa shape index (κ2) is 7.80. The molecule has 0 atom stereocenters. The number of ether oxygens (including phenoxy) is 1. The number of hydrogen-bond acceptors (Lipinski definition) is 5. The van der Waals surface area contributed by atoms with Gasteiger partial charge in [0.05, 0.1) is 12.6 Å². The van der Waals surface area contributed by atoms with E-state index < -0.39 is 0 Å². The van der Waals surface area contributed by atoms with Gasteiger partial charge in [-0.05, 0) is 36.8 Å². The Morgan fingerprint density at radius 1 is 1.10 bits per heavy atom. The molecular weight excluding hydrogens is 364 g/mol. The summed E-state index contributed by atoms with van der Waals surface area (Å²) in [6.45, 7) is 4.60. The van der Waals surface area contributed by atoms with Crippen molar-refractivity contribution in [3.63, 3.8) is 0 Å². The van der Waals surface area contributed by atoms with Crippen LogP contribution in [0.5, 0.6) is 5.75 Å². The smallest absolute Gasteiger partial charge is 0.254 e. The number of carbonyl (C=O) groups is 1.